The number of amides is 2. The molecule has 2 fully saturated rings. The Morgan fingerprint density at radius 1 is 1.30 bits per heavy atom. The maximum absolute atomic E-state index is 12.4. The van der Waals surface area contributed by atoms with E-state index in [2.05, 4.69) is 12.2 Å². The van der Waals surface area contributed by atoms with Crippen LogP contribution in [0.4, 0.5) is 0 Å². The molecule has 1 aliphatic carbocycles. The number of carbonyl (C=O) groups excluding carboxylic acids is 2. The van der Waals surface area contributed by atoms with Crippen molar-refractivity contribution in [1.82, 2.24) is 10.2 Å². The molecule has 2 aliphatic rings. The summed E-state index contributed by atoms with van der Waals surface area (Å²) in [6, 6.07) is -0.185. The minimum Gasteiger partial charge on any atom is -0.384 e. The first-order valence-corrected chi connectivity index (χ1v) is 7.71. The molecule has 1 saturated carbocycles. The number of hydrogen-bond donors (Lipinski definition) is 1. The largest absolute Gasteiger partial charge is 0.384 e. The van der Waals surface area contributed by atoms with Crippen LogP contribution in [0.5, 0.6) is 0 Å². The second kappa shape index (κ2) is 7.18. The van der Waals surface area contributed by atoms with Gasteiger partial charge >= 0.3 is 0 Å². The van der Waals surface area contributed by atoms with Crippen molar-refractivity contribution in [2.75, 3.05) is 20.3 Å². The quantitative estimate of drug-likeness (QED) is 0.746. The number of methoxy groups -OCH3 is 1. The number of nitrogens with one attached hydrogen (secondary N) is 1. The normalized spacial score (nSPS) is 26.3. The van der Waals surface area contributed by atoms with Gasteiger partial charge in [0.25, 0.3) is 0 Å². The molecule has 0 aromatic heterocycles. The van der Waals surface area contributed by atoms with Gasteiger partial charge < -0.3 is 10.1 Å². The van der Waals surface area contributed by atoms with Gasteiger partial charge in [0, 0.05) is 26.3 Å². The Hall–Kier alpha value is -0.940. The van der Waals surface area contributed by atoms with Gasteiger partial charge in [-0.3, -0.25) is 14.5 Å². The number of rotatable bonds is 6. The molecule has 2 rings (SSSR count). The van der Waals surface area contributed by atoms with Gasteiger partial charge in [-0.1, -0.05) is 26.2 Å². The van der Waals surface area contributed by atoms with Crippen LogP contribution in [0, 0.1) is 5.92 Å². The molecular weight excluding hydrogens is 256 g/mol. The van der Waals surface area contributed by atoms with Crippen LogP contribution in [0.15, 0.2) is 0 Å². The fourth-order valence-corrected chi connectivity index (χ4v) is 3.22. The van der Waals surface area contributed by atoms with Crippen LogP contribution < -0.4 is 5.32 Å². The highest BCUT2D eigenvalue weighted by Crippen LogP contribution is 2.27. The average Bonchev–Trinajstić information content (AvgIpc) is 2.72. The van der Waals surface area contributed by atoms with E-state index in [0.29, 0.717) is 25.5 Å². The molecule has 1 heterocycles. The predicted molar refractivity (Wildman–Crippen MR) is 76.2 cm³/mol. The standard InChI is InChI=1S/C15H26N2O3/c1-11(10-20-2)9-16-13-8-14(18)17(15(13)19)12-6-4-3-5-7-12/h11-13,16H,3-10H2,1-2H3. The second-order valence-corrected chi connectivity index (χ2v) is 6.12. The predicted octanol–water partition coefficient (Wildman–Crippen LogP) is 1.32. The lowest BCUT2D eigenvalue weighted by molar-refractivity contribution is -0.142. The van der Waals surface area contributed by atoms with Crippen LogP contribution in [-0.4, -0.2) is 49.1 Å². The molecule has 1 saturated heterocycles. The zero-order chi connectivity index (χ0) is 14.5. The summed E-state index contributed by atoms with van der Waals surface area (Å²) >= 11 is 0. The summed E-state index contributed by atoms with van der Waals surface area (Å²) in [5, 5.41) is 3.22. The van der Waals surface area contributed by atoms with Crippen LogP contribution in [-0.2, 0) is 14.3 Å². The van der Waals surface area contributed by atoms with Gasteiger partial charge in [0.05, 0.1) is 12.5 Å². The lowest BCUT2D eigenvalue weighted by Gasteiger charge is -2.29. The van der Waals surface area contributed by atoms with E-state index in [9.17, 15) is 9.59 Å². The summed E-state index contributed by atoms with van der Waals surface area (Å²) in [6.45, 7) is 3.43. The second-order valence-electron chi connectivity index (χ2n) is 6.12. The highest BCUT2D eigenvalue weighted by atomic mass is 16.5. The number of ether oxygens (including phenoxy) is 1. The molecule has 5 heteroatoms. The van der Waals surface area contributed by atoms with Gasteiger partial charge in [-0.2, -0.15) is 0 Å². The third-order valence-electron chi connectivity index (χ3n) is 4.29. The summed E-state index contributed by atoms with van der Waals surface area (Å²) in [7, 11) is 1.67. The molecule has 1 aliphatic heterocycles. The van der Waals surface area contributed by atoms with E-state index in [1.54, 1.807) is 7.11 Å². The van der Waals surface area contributed by atoms with Gasteiger partial charge in [-0.15, -0.1) is 0 Å². The summed E-state index contributed by atoms with van der Waals surface area (Å²) in [5.41, 5.74) is 0. The van der Waals surface area contributed by atoms with Crippen molar-refractivity contribution in [3.63, 3.8) is 0 Å². The summed E-state index contributed by atoms with van der Waals surface area (Å²) in [6.07, 6.45) is 5.75. The van der Waals surface area contributed by atoms with E-state index in [1.165, 1.54) is 11.3 Å². The first-order valence-electron chi connectivity index (χ1n) is 7.71. The zero-order valence-electron chi connectivity index (χ0n) is 12.6. The van der Waals surface area contributed by atoms with Crippen LogP contribution in [0.1, 0.15) is 45.4 Å². The molecule has 0 bridgehead atoms. The Morgan fingerprint density at radius 3 is 2.65 bits per heavy atom. The van der Waals surface area contributed by atoms with E-state index in [1.807, 2.05) is 0 Å². The fourth-order valence-electron chi connectivity index (χ4n) is 3.22. The van der Waals surface area contributed by atoms with Crippen molar-refractivity contribution >= 4 is 11.8 Å². The molecule has 20 heavy (non-hydrogen) atoms. The third kappa shape index (κ3) is 3.58. The Bertz CT molecular complexity index is 353. The van der Waals surface area contributed by atoms with Gasteiger partial charge in [-0.05, 0) is 18.8 Å². The molecular formula is C15H26N2O3. The monoisotopic (exact) mass is 282 g/mol. The number of hydrogen-bond acceptors (Lipinski definition) is 4. The van der Waals surface area contributed by atoms with Gasteiger partial charge in [0.15, 0.2) is 0 Å². The Kier molecular flexibility index (Phi) is 5.54. The van der Waals surface area contributed by atoms with Crippen LogP contribution in [0.2, 0.25) is 0 Å². The lowest BCUT2D eigenvalue weighted by atomic mass is 9.94. The number of nitrogens with zero attached hydrogens (tertiary/aromatic N) is 1. The van der Waals surface area contributed by atoms with Gasteiger partial charge in [0.2, 0.25) is 11.8 Å². The first-order chi connectivity index (χ1) is 9.63. The molecule has 2 unspecified atom stereocenters. The fraction of sp³-hybridized carbons (Fsp3) is 0.867. The molecule has 114 valence electrons. The van der Waals surface area contributed by atoms with Crippen molar-refractivity contribution in [1.29, 1.82) is 0 Å². The van der Waals surface area contributed by atoms with Crippen molar-refractivity contribution in [3.8, 4) is 0 Å². The van der Waals surface area contributed by atoms with E-state index < -0.39 is 0 Å². The smallest absolute Gasteiger partial charge is 0.247 e. The molecule has 0 aromatic rings. The lowest BCUT2D eigenvalue weighted by Crippen LogP contribution is -2.45. The summed E-state index contributed by atoms with van der Waals surface area (Å²) in [5.74, 6) is 0.317. The van der Waals surface area contributed by atoms with Gasteiger partial charge in [-0.25, -0.2) is 0 Å². The Balaban J connectivity index is 1.87. The maximum Gasteiger partial charge on any atom is 0.247 e. The number of carbonyl (C=O) groups is 2. The Morgan fingerprint density at radius 2 is 2.00 bits per heavy atom. The molecule has 0 spiro atoms. The van der Waals surface area contributed by atoms with E-state index >= 15 is 0 Å². The van der Waals surface area contributed by atoms with Crippen molar-refractivity contribution in [2.45, 2.75) is 57.5 Å². The van der Waals surface area contributed by atoms with Crippen LogP contribution in [0.3, 0.4) is 0 Å². The van der Waals surface area contributed by atoms with Crippen molar-refractivity contribution in [2.24, 2.45) is 5.92 Å². The van der Waals surface area contributed by atoms with Gasteiger partial charge in [0.1, 0.15) is 0 Å². The van der Waals surface area contributed by atoms with E-state index in [4.69, 9.17) is 4.74 Å². The van der Waals surface area contributed by atoms with Crippen LogP contribution in [0.25, 0.3) is 0 Å². The Labute approximate surface area is 121 Å². The van der Waals surface area contributed by atoms with Crippen molar-refractivity contribution < 1.29 is 14.3 Å². The average molecular weight is 282 g/mol. The van der Waals surface area contributed by atoms with E-state index in [-0.39, 0.29) is 23.9 Å². The molecule has 0 aromatic carbocycles. The van der Waals surface area contributed by atoms with Crippen molar-refractivity contribution in [3.05, 3.63) is 0 Å². The SMILES string of the molecule is COCC(C)CNC1CC(=O)N(C2CCCCC2)C1=O. The zero-order valence-corrected chi connectivity index (χ0v) is 12.6. The molecule has 5 nitrogen and oxygen atoms in total. The topological polar surface area (TPSA) is 58.6 Å². The molecule has 2 atom stereocenters. The van der Waals surface area contributed by atoms with Crippen LogP contribution >= 0.6 is 0 Å². The number of likely N-dealkylation sites (tertiary alicyclic amines) is 1. The maximum atomic E-state index is 12.4. The molecule has 1 N–H and O–H groups in total. The summed E-state index contributed by atoms with van der Waals surface area (Å²) < 4.78 is 5.08. The van der Waals surface area contributed by atoms with E-state index in [0.717, 1.165) is 25.7 Å². The summed E-state index contributed by atoms with van der Waals surface area (Å²) in [4.78, 5) is 26.0. The molecule has 2 amide bonds. The minimum absolute atomic E-state index is 0.00112. The third-order valence-corrected chi connectivity index (χ3v) is 4.29. The highest BCUT2D eigenvalue weighted by molar-refractivity contribution is 6.05. The molecule has 0 radical (unpaired) electrons. The highest BCUT2D eigenvalue weighted by Gasteiger charge is 2.42. The minimum atomic E-state index is -0.330. The first kappa shape index (κ1) is 15.4. The number of imide groups is 1.